The van der Waals surface area contributed by atoms with Gasteiger partial charge >= 0.3 is 0 Å². The largest absolute Gasteiger partial charge is 0.366 e. The van der Waals surface area contributed by atoms with Gasteiger partial charge in [-0.25, -0.2) is 0 Å². The Bertz CT molecular complexity index is 413. The summed E-state index contributed by atoms with van der Waals surface area (Å²) in [6.07, 6.45) is 21.7. The second-order valence-corrected chi connectivity index (χ2v) is 3.81. The summed E-state index contributed by atoms with van der Waals surface area (Å²) in [7, 11) is 0. The Hall–Kier alpha value is -2.49. The highest BCUT2D eigenvalue weighted by molar-refractivity contribution is 5.80. The molecule has 0 aromatic heterocycles. The van der Waals surface area contributed by atoms with Crippen molar-refractivity contribution in [2.24, 2.45) is 5.73 Å². The van der Waals surface area contributed by atoms with Crippen molar-refractivity contribution in [2.45, 2.75) is 6.17 Å². The smallest absolute Gasteiger partial charge is 0.261 e. The predicted molar refractivity (Wildman–Crippen MR) is 71.5 cm³/mol. The average Bonchev–Trinajstić information content (AvgIpc) is 2.74. The fraction of sp³-hybridized carbons (Fsp3) is 0.0714. The number of carbonyl (C=O) groups is 1. The highest BCUT2D eigenvalue weighted by Gasteiger charge is 2.24. The zero-order valence-electron chi connectivity index (χ0n) is 9.89. The third kappa shape index (κ3) is 2.79. The Morgan fingerprint density at radius 1 is 0.722 bits per heavy atom. The molecule has 2 rings (SSSR count). The minimum absolute atomic E-state index is 0.414. The van der Waals surface area contributed by atoms with Gasteiger partial charge in [-0.05, 0) is 24.3 Å². The van der Waals surface area contributed by atoms with Gasteiger partial charge in [-0.2, -0.15) is 0 Å². The van der Waals surface area contributed by atoms with Gasteiger partial charge in [0, 0.05) is 24.8 Å². The SMILES string of the molecule is NC(=O)C(N1C=CC=CC=C1)N1C=CC=CC=C1. The van der Waals surface area contributed by atoms with Crippen LogP contribution in [0.2, 0.25) is 0 Å². The zero-order chi connectivity index (χ0) is 12.8. The summed E-state index contributed by atoms with van der Waals surface area (Å²) in [6.45, 7) is 0. The monoisotopic (exact) mass is 241 g/mol. The van der Waals surface area contributed by atoms with Gasteiger partial charge in [-0.3, -0.25) is 4.79 Å². The number of amides is 1. The molecule has 4 heteroatoms. The van der Waals surface area contributed by atoms with Gasteiger partial charge in [-0.15, -0.1) is 0 Å². The van der Waals surface area contributed by atoms with Crippen molar-refractivity contribution in [2.75, 3.05) is 0 Å². The first-order valence-corrected chi connectivity index (χ1v) is 5.66. The van der Waals surface area contributed by atoms with Crippen LogP contribution in [0.15, 0.2) is 73.4 Å². The molecule has 0 spiro atoms. The van der Waals surface area contributed by atoms with E-state index in [9.17, 15) is 4.79 Å². The van der Waals surface area contributed by atoms with Gasteiger partial charge in [0.25, 0.3) is 5.91 Å². The lowest BCUT2D eigenvalue weighted by Crippen LogP contribution is -2.48. The maximum absolute atomic E-state index is 11.7. The summed E-state index contributed by atoms with van der Waals surface area (Å²) < 4.78 is 0. The van der Waals surface area contributed by atoms with Crippen LogP contribution in [-0.2, 0) is 4.79 Å². The van der Waals surface area contributed by atoms with E-state index in [1.165, 1.54) is 0 Å². The number of hydrogen-bond donors (Lipinski definition) is 1. The third-order valence-corrected chi connectivity index (χ3v) is 2.52. The van der Waals surface area contributed by atoms with Crippen LogP contribution >= 0.6 is 0 Å². The first-order valence-electron chi connectivity index (χ1n) is 5.66. The van der Waals surface area contributed by atoms with Gasteiger partial charge in [0.1, 0.15) is 0 Å². The maximum Gasteiger partial charge on any atom is 0.261 e. The zero-order valence-corrected chi connectivity index (χ0v) is 9.89. The van der Waals surface area contributed by atoms with Gasteiger partial charge in [-0.1, -0.05) is 24.3 Å². The Kier molecular flexibility index (Phi) is 3.81. The maximum atomic E-state index is 11.7. The van der Waals surface area contributed by atoms with Crippen molar-refractivity contribution >= 4 is 5.91 Å². The van der Waals surface area contributed by atoms with Crippen LogP contribution in [0.3, 0.4) is 0 Å². The summed E-state index contributed by atoms with van der Waals surface area (Å²) in [5.41, 5.74) is 5.50. The summed E-state index contributed by atoms with van der Waals surface area (Å²) in [5, 5.41) is 0. The molecule has 0 saturated carbocycles. The van der Waals surface area contributed by atoms with Gasteiger partial charge in [0.15, 0.2) is 6.17 Å². The quantitative estimate of drug-likeness (QED) is 0.816. The lowest BCUT2D eigenvalue weighted by Gasteiger charge is -2.32. The molecule has 0 bridgehead atoms. The molecule has 0 radical (unpaired) electrons. The number of nitrogens with two attached hydrogens (primary N) is 1. The number of rotatable bonds is 3. The molecule has 2 aliphatic heterocycles. The minimum Gasteiger partial charge on any atom is -0.366 e. The molecule has 2 heterocycles. The number of primary amides is 1. The molecule has 0 saturated heterocycles. The lowest BCUT2D eigenvalue weighted by molar-refractivity contribution is -0.125. The fourth-order valence-corrected chi connectivity index (χ4v) is 1.73. The topological polar surface area (TPSA) is 49.6 Å². The van der Waals surface area contributed by atoms with Crippen LogP contribution in [0.5, 0.6) is 0 Å². The van der Waals surface area contributed by atoms with E-state index in [0.29, 0.717) is 0 Å². The van der Waals surface area contributed by atoms with Crippen LogP contribution in [0.4, 0.5) is 0 Å². The van der Waals surface area contributed by atoms with Crippen LogP contribution < -0.4 is 5.73 Å². The summed E-state index contributed by atoms with van der Waals surface area (Å²) in [4.78, 5) is 15.2. The van der Waals surface area contributed by atoms with Crippen LogP contribution in [0, 0.1) is 0 Å². The highest BCUT2D eigenvalue weighted by atomic mass is 16.1. The standard InChI is InChI=1S/C14H15N3O/c15-13(18)14(16-9-5-1-2-6-10-16)17-11-7-3-4-8-12-17/h1-12,14H,(H2,15,18). The van der Waals surface area contributed by atoms with Crippen LogP contribution in [-0.4, -0.2) is 21.9 Å². The molecule has 0 fully saturated rings. The van der Waals surface area contributed by atoms with E-state index in [0.717, 1.165) is 0 Å². The number of hydrogen-bond acceptors (Lipinski definition) is 3. The van der Waals surface area contributed by atoms with E-state index >= 15 is 0 Å². The van der Waals surface area contributed by atoms with E-state index < -0.39 is 12.1 Å². The van der Waals surface area contributed by atoms with E-state index in [-0.39, 0.29) is 0 Å². The molecule has 2 N–H and O–H groups in total. The molecule has 0 aromatic rings. The number of allylic oxidation sites excluding steroid dienone is 8. The Morgan fingerprint density at radius 2 is 1.06 bits per heavy atom. The molecule has 0 atom stereocenters. The molecule has 0 aliphatic carbocycles. The average molecular weight is 241 g/mol. The Morgan fingerprint density at radius 3 is 1.33 bits per heavy atom. The first-order chi connectivity index (χ1) is 8.79. The van der Waals surface area contributed by atoms with Gasteiger partial charge < -0.3 is 15.5 Å². The summed E-state index contributed by atoms with van der Waals surface area (Å²) in [5.74, 6) is -0.414. The predicted octanol–water partition coefficient (Wildman–Crippen LogP) is 1.60. The Labute approximate surface area is 106 Å². The second-order valence-electron chi connectivity index (χ2n) is 3.81. The van der Waals surface area contributed by atoms with Gasteiger partial charge in [0.05, 0.1) is 0 Å². The molecular formula is C14H15N3O. The summed E-state index contributed by atoms with van der Waals surface area (Å²) in [6, 6.07) is 0. The summed E-state index contributed by atoms with van der Waals surface area (Å²) >= 11 is 0. The molecule has 4 nitrogen and oxygen atoms in total. The van der Waals surface area contributed by atoms with E-state index in [1.54, 1.807) is 9.80 Å². The van der Waals surface area contributed by atoms with Crippen LogP contribution in [0.1, 0.15) is 0 Å². The fourth-order valence-electron chi connectivity index (χ4n) is 1.73. The first kappa shape index (κ1) is 12.0. The number of nitrogens with zero attached hydrogens (tertiary/aromatic N) is 2. The van der Waals surface area contributed by atoms with Crippen molar-refractivity contribution in [3.05, 3.63) is 73.4 Å². The van der Waals surface area contributed by atoms with Gasteiger partial charge in [0.2, 0.25) is 0 Å². The molecule has 2 aliphatic rings. The van der Waals surface area contributed by atoms with E-state index in [4.69, 9.17) is 5.73 Å². The van der Waals surface area contributed by atoms with Crippen molar-refractivity contribution in [1.29, 1.82) is 0 Å². The molecule has 0 aromatic carbocycles. The minimum atomic E-state index is -0.579. The van der Waals surface area contributed by atoms with E-state index in [2.05, 4.69) is 0 Å². The lowest BCUT2D eigenvalue weighted by atomic mass is 10.3. The normalized spacial score (nSPS) is 17.4. The van der Waals surface area contributed by atoms with Crippen molar-refractivity contribution < 1.29 is 4.79 Å². The van der Waals surface area contributed by atoms with Crippen molar-refractivity contribution in [3.8, 4) is 0 Å². The Balaban J connectivity index is 2.25. The van der Waals surface area contributed by atoms with Crippen molar-refractivity contribution in [3.63, 3.8) is 0 Å². The molecule has 18 heavy (non-hydrogen) atoms. The number of carbonyl (C=O) groups excluding carboxylic acids is 1. The molecule has 92 valence electrons. The van der Waals surface area contributed by atoms with Crippen LogP contribution in [0.25, 0.3) is 0 Å². The molecular weight excluding hydrogens is 226 g/mol. The molecule has 0 unspecified atom stereocenters. The third-order valence-electron chi connectivity index (χ3n) is 2.52. The second kappa shape index (κ2) is 5.72. The van der Waals surface area contributed by atoms with E-state index in [1.807, 2.05) is 73.4 Å². The van der Waals surface area contributed by atoms with Crippen molar-refractivity contribution in [1.82, 2.24) is 9.80 Å². The highest BCUT2D eigenvalue weighted by Crippen LogP contribution is 2.13. The molecule has 1 amide bonds.